The molecule has 1 unspecified atom stereocenters. The molecule has 0 radical (unpaired) electrons. The summed E-state index contributed by atoms with van der Waals surface area (Å²) in [7, 11) is 0. The lowest BCUT2D eigenvalue weighted by Gasteiger charge is -2.18. The summed E-state index contributed by atoms with van der Waals surface area (Å²) in [6.07, 6.45) is 89.0. The van der Waals surface area contributed by atoms with E-state index in [0.717, 1.165) is 70.6 Å². The molecule has 0 amide bonds. The van der Waals surface area contributed by atoms with Gasteiger partial charge in [-0.1, -0.05) is 353 Å². The predicted molar refractivity (Wildman–Crippen MR) is 358 cm³/mol. The van der Waals surface area contributed by atoms with Gasteiger partial charge in [0.05, 0.1) is 0 Å². The van der Waals surface area contributed by atoms with Crippen molar-refractivity contribution in [2.45, 2.75) is 419 Å². The monoisotopic (exact) mass is 1150 g/mol. The van der Waals surface area contributed by atoms with Crippen molar-refractivity contribution in [1.29, 1.82) is 0 Å². The normalized spacial score (nSPS) is 12.2. The number of allylic oxidation sites excluding steroid dienone is 6. The van der Waals surface area contributed by atoms with E-state index < -0.39 is 6.10 Å². The second kappa shape index (κ2) is 71.1. The highest BCUT2D eigenvalue weighted by molar-refractivity contribution is 5.71. The van der Waals surface area contributed by atoms with E-state index in [9.17, 15) is 14.4 Å². The summed E-state index contributed by atoms with van der Waals surface area (Å²) in [5.41, 5.74) is 0. The van der Waals surface area contributed by atoms with Gasteiger partial charge in [0.25, 0.3) is 0 Å². The topological polar surface area (TPSA) is 78.9 Å². The first-order valence-corrected chi connectivity index (χ1v) is 37.0. The van der Waals surface area contributed by atoms with Crippen LogP contribution in [0, 0.1) is 0 Å². The average molecular weight is 1150 g/mol. The Labute approximate surface area is 512 Å². The molecular weight excluding hydrogens is 1010 g/mol. The van der Waals surface area contributed by atoms with Crippen LogP contribution in [-0.4, -0.2) is 37.2 Å². The molecule has 0 heterocycles. The molecule has 0 aromatic carbocycles. The fourth-order valence-electron chi connectivity index (χ4n) is 11.3. The first-order chi connectivity index (χ1) is 40.5. The fourth-order valence-corrected chi connectivity index (χ4v) is 11.3. The minimum atomic E-state index is -0.773. The van der Waals surface area contributed by atoms with E-state index in [1.54, 1.807) is 0 Å². The third kappa shape index (κ3) is 68.4. The fraction of sp³-hybridized carbons (Fsp3) is 0.882. The van der Waals surface area contributed by atoms with Gasteiger partial charge in [0.15, 0.2) is 6.10 Å². The number of carbonyl (C=O) groups is 3. The molecule has 0 bridgehead atoms. The molecular formula is C76H142O6. The molecule has 0 aliphatic carbocycles. The van der Waals surface area contributed by atoms with Crippen LogP contribution in [0.2, 0.25) is 0 Å². The Morgan fingerprint density at radius 1 is 0.244 bits per heavy atom. The van der Waals surface area contributed by atoms with E-state index in [1.807, 2.05) is 0 Å². The van der Waals surface area contributed by atoms with E-state index in [0.29, 0.717) is 19.3 Å². The number of unbranched alkanes of at least 4 members (excludes halogenated alkanes) is 52. The maximum absolute atomic E-state index is 13.0. The van der Waals surface area contributed by atoms with Crippen LogP contribution in [0.25, 0.3) is 0 Å². The van der Waals surface area contributed by atoms with E-state index >= 15 is 0 Å². The highest BCUT2D eigenvalue weighted by Crippen LogP contribution is 2.19. The molecule has 0 rings (SSSR count). The largest absolute Gasteiger partial charge is 0.462 e. The Balaban J connectivity index is 4.20. The smallest absolute Gasteiger partial charge is 0.306 e. The van der Waals surface area contributed by atoms with Gasteiger partial charge in [-0.25, -0.2) is 0 Å². The molecule has 82 heavy (non-hydrogen) atoms. The van der Waals surface area contributed by atoms with Crippen molar-refractivity contribution in [3.8, 4) is 0 Å². The van der Waals surface area contributed by atoms with Gasteiger partial charge in [0, 0.05) is 19.3 Å². The van der Waals surface area contributed by atoms with Crippen molar-refractivity contribution < 1.29 is 28.6 Å². The Hall–Kier alpha value is -2.37. The molecule has 0 aromatic rings. The molecule has 6 heteroatoms. The molecule has 0 aliphatic rings. The van der Waals surface area contributed by atoms with Gasteiger partial charge in [-0.05, 0) is 77.0 Å². The number of carbonyl (C=O) groups excluding carboxylic acids is 3. The lowest BCUT2D eigenvalue weighted by Crippen LogP contribution is -2.30. The molecule has 0 spiro atoms. The predicted octanol–water partition coefficient (Wildman–Crippen LogP) is 25.5. The Morgan fingerprint density at radius 3 is 0.683 bits per heavy atom. The van der Waals surface area contributed by atoms with Crippen LogP contribution < -0.4 is 0 Å². The second-order valence-electron chi connectivity index (χ2n) is 25.2. The molecule has 0 saturated heterocycles. The summed E-state index contributed by atoms with van der Waals surface area (Å²) in [6, 6.07) is 0. The molecule has 0 fully saturated rings. The molecule has 0 aromatic heterocycles. The maximum atomic E-state index is 13.0. The van der Waals surface area contributed by atoms with Gasteiger partial charge in [0.1, 0.15) is 13.2 Å². The van der Waals surface area contributed by atoms with E-state index in [1.165, 1.54) is 302 Å². The van der Waals surface area contributed by atoms with Crippen molar-refractivity contribution in [2.75, 3.05) is 13.2 Å². The lowest BCUT2D eigenvalue weighted by molar-refractivity contribution is -0.167. The summed E-state index contributed by atoms with van der Waals surface area (Å²) >= 11 is 0. The number of ether oxygens (including phenoxy) is 3. The van der Waals surface area contributed by atoms with Crippen LogP contribution >= 0.6 is 0 Å². The van der Waals surface area contributed by atoms with Crippen molar-refractivity contribution in [2.24, 2.45) is 0 Å². The van der Waals surface area contributed by atoms with Crippen LogP contribution in [0.15, 0.2) is 36.5 Å². The van der Waals surface area contributed by atoms with Gasteiger partial charge in [-0.2, -0.15) is 0 Å². The highest BCUT2D eigenvalue weighted by atomic mass is 16.6. The summed E-state index contributed by atoms with van der Waals surface area (Å²) < 4.78 is 17.0. The SMILES string of the molecule is CCCCCCC/C=C\C/C=C\CCCCCCCCCCCCCCCCCCCC(=O)OCC(COC(=O)CCCCCCC/C=C\CCCCCCC)OC(=O)CCCCCCCCCCCCCCCCCCCCCCC. The Bertz CT molecular complexity index is 1370. The van der Waals surface area contributed by atoms with Crippen LogP contribution in [0.3, 0.4) is 0 Å². The molecule has 6 nitrogen and oxygen atoms in total. The maximum Gasteiger partial charge on any atom is 0.306 e. The van der Waals surface area contributed by atoms with E-state index in [4.69, 9.17) is 14.2 Å². The molecule has 482 valence electrons. The summed E-state index contributed by atoms with van der Waals surface area (Å²) in [6.45, 7) is 6.70. The first kappa shape index (κ1) is 79.6. The van der Waals surface area contributed by atoms with Crippen molar-refractivity contribution in [3.05, 3.63) is 36.5 Å². The van der Waals surface area contributed by atoms with Crippen molar-refractivity contribution in [3.63, 3.8) is 0 Å². The highest BCUT2D eigenvalue weighted by Gasteiger charge is 2.19. The van der Waals surface area contributed by atoms with E-state index in [2.05, 4.69) is 57.2 Å². The van der Waals surface area contributed by atoms with Gasteiger partial charge < -0.3 is 14.2 Å². The number of esters is 3. The minimum absolute atomic E-state index is 0.0687. The molecule has 1 atom stereocenters. The number of rotatable bonds is 69. The quantitative estimate of drug-likeness (QED) is 0.0261. The summed E-state index contributed by atoms with van der Waals surface area (Å²) in [4.78, 5) is 38.5. The van der Waals surface area contributed by atoms with Crippen LogP contribution in [-0.2, 0) is 28.6 Å². The number of hydrogen-bond acceptors (Lipinski definition) is 6. The Kier molecular flexibility index (Phi) is 69.1. The summed E-state index contributed by atoms with van der Waals surface area (Å²) in [5.74, 6) is -0.845. The second-order valence-corrected chi connectivity index (χ2v) is 25.2. The first-order valence-electron chi connectivity index (χ1n) is 37.0. The molecule has 0 saturated carbocycles. The van der Waals surface area contributed by atoms with Crippen LogP contribution in [0.4, 0.5) is 0 Å². The third-order valence-corrected chi connectivity index (χ3v) is 16.9. The number of hydrogen-bond donors (Lipinski definition) is 0. The van der Waals surface area contributed by atoms with Gasteiger partial charge >= 0.3 is 17.9 Å². The van der Waals surface area contributed by atoms with Gasteiger partial charge in [-0.3, -0.25) is 14.4 Å². The zero-order valence-corrected chi connectivity index (χ0v) is 55.5. The third-order valence-electron chi connectivity index (χ3n) is 16.9. The summed E-state index contributed by atoms with van der Waals surface area (Å²) in [5, 5.41) is 0. The van der Waals surface area contributed by atoms with Crippen LogP contribution in [0.5, 0.6) is 0 Å². The van der Waals surface area contributed by atoms with Crippen LogP contribution in [0.1, 0.15) is 412 Å². The van der Waals surface area contributed by atoms with Gasteiger partial charge in [-0.15, -0.1) is 0 Å². The standard InChI is InChI=1S/C76H142O6/c1-4-7-10-13-16-19-22-25-28-30-32-34-35-36-37-38-39-40-41-43-44-46-48-51-54-57-60-63-66-69-75(78)81-72-73(71-80-74(77)68-65-62-59-56-53-50-27-24-21-18-15-12-9-6-3)82-76(79)70-67-64-61-58-55-52-49-47-45-42-33-31-29-26-23-20-17-14-11-8-5-2/h22,24-25,27,30,32,73H,4-21,23,26,28-29,31,33-72H2,1-3H3/b25-22-,27-24-,32-30-. The van der Waals surface area contributed by atoms with Crippen molar-refractivity contribution >= 4 is 17.9 Å². The van der Waals surface area contributed by atoms with Gasteiger partial charge in [0.2, 0.25) is 0 Å². The molecule has 0 aliphatic heterocycles. The minimum Gasteiger partial charge on any atom is -0.462 e. The zero-order chi connectivity index (χ0) is 59.2. The average Bonchev–Trinajstić information content (AvgIpc) is 3.47. The molecule has 0 N–H and O–H groups in total. The lowest BCUT2D eigenvalue weighted by atomic mass is 10.0. The Morgan fingerprint density at radius 2 is 0.439 bits per heavy atom. The van der Waals surface area contributed by atoms with E-state index in [-0.39, 0.29) is 31.1 Å². The zero-order valence-electron chi connectivity index (χ0n) is 55.5. The van der Waals surface area contributed by atoms with Crippen molar-refractivity contribution in [1.82, 2.24) is 0 Å².